The van der Waals surface area contributed by atoms with Gasteiger partial charge >= 0.3 is 0 Å². The Hall–Kier alpha value is -1.00. The summed E-state index contributed by atoms with van der Waals surface area (Å²) in [5.41, 5.74) is 0.703. The molecule has 0 fully saturated rings. The Bertz CT molecular complexity index is 363. The molecule has 0 amide bonds. The van der Waals surface area contributed by atoms with Gasteiger partial charge in [-0.2, -0.15) is 0 Å². The summed E-state index contributed by atoms with van der Waals surface area (Å²) in [6, 6.07) is 3.49. The third-order valence-electron chi connectivity index (χ3n) is 2.02. The Morgan fingerprint density at radius 3 is 2.53 bits per heavy atom. The predicted molar refractivity (Wildman–Crippen MR) is 62.4 cm³/mol. The Kier molecular flexibility index (Phi) is 4.17. The molecule has 0 aliphatic heterocycles. The number of benzene rings is 1. The van der Waals surface area contributed by atoms with Crippen molar-refractivity contribution in [2.75, 3.05) is 14.2 Å². The van der Waals surface area contributed by atoms with Crippen LogP contribution >= 0.6 is 15.9 Å². The van der Waals surface area contributed by atoms with E-state index in [1.54, 1.807) is 26.4 Å². The normalized spacial score (nSPS) is 12.0. The third-order valence-corrected chi connectivity index (χ3v) is 2.61. The van der Waals surface area contributed by atoms with Crippen LogP contribution in [0, 0.1) is 0 Å². The van der Waals surface area contributed by atoms with E-state index in [1.165, 1.54) is 6.08 Å². The minimum absolute atomic E-state index is 0.572. The molecule has 0 aliphatic carbocycles. The molecule has 1 rings (SSSR count). The number of methoxy groups -OCH3 is 2. The van der Waals surface area contributed by atoms with Gasteiger partial charge in [-0.25, -0.2) is 0 Å². The second-order valence-corrected chi connectivity index (χ2v) is 3.77. The monoisotopic (exact) mass is 272 g/mol. The maximum absolute atomic E-state index is 9.60. The number of rotatable bonds is 4. The first kappa shape index (κ1) is 12.1. The van der Waals surface area contributed by atoms with Gasteiger partial charge in [-0.15, -0.1) is 6.58 Å². The van der Waals surface area contributed by atoms with Gasteiger partial charge in [-0.05, 0) is 33.6 Å². The van der Waals surface area contributed by atoms with Crippen LogP contribution in [0.25, 0.3) is 0 Å². The lowest BCUT2D eigenvalue weighted by Crippen LogP contribution is -1.97. The number of hydrogen-bond donors (Lipinski definition) is 1. The molecule has 1 N–H and O–H groups in total. The second kappa shape index (κ2) is 5.19. The molecule has 4 heteroatoms. The summed E-state index contributed by atoms with van der Waals surface area (Å²) >= 11 is 3.35. The maximum atomic E-state index is 9.60. The topological polar surface area (TPSA) is 38.7 Å². The molecule has 82 valence electrons. The molecule has 1 aromatic carbocycles. The summed E-state index contributed by atoms with van der Waals surface area (Å²) < 4.78 is 11.0. The van der Waals surface area contributed by atoms with Crippen molar-refractivity contribution in [3.8, 4) is 11.5 Å². The molecule has 0 spiro atoms. The lowest BCUT2D eigenvalue weighted by molar-refractivity contribution is 0.228. The first-order valence-corrected chi connectivity index (χ1v) is 5.15. The summed E-state index contributed by atoms with van der Waals surface area (Å²) in [6.45, 7) is 3.53. The minimum Gasteiger partial charge on any atom is -0.493 e. The van der Waals surface area contributed by atoms with Gasteiger partial charge in [0.05, 0.1) is 24.8 Å². The largest absolute Gasteiger partial charge is 0.493 e. The second-order valence-electron chi connectivity index (χ2n) is 2.92. The van der Waals surface area contributed by atoms with Crippen LogP contribution in [-0.4, -0.2) is 19.3 Å². The van der Waals surface area contributed by atoms with Crippen LogP contribution in [0.3, 0.4) is 0 Å². The van der Waals surface area contributed by atoms with Crippen molar-refractivity contribution in [2.45, 2.75) is 6.10 Å². The maximum Gasteiger partial charge on any atom is 0.174 e. The van der Waals surface area contributed by atoms with Crippen molar-refractivity contribution in [3.05, 3.63) is 34.8 Å². The SMILES string of the molecule is C=CC(O)c1cc(Br)c(OC)c(OC)c1. The molecular formula is C11H13BrO3. The van der Waals surface area contributed by atoms with Crippen LogP contribution in [0.4, 0.5) is 0 Å². The molecule has 0 bridgehead atoms. The van der Waals surface area contributed by atoms with Gasteiger partial charge in [0.1, 0.15) is 0 Å². The summed E-state index contributed by atoms with van der Waals surface area (Å²) in [5, 5.41) is 9.60. The number of ether oxygens (including phenoxy) is 2. The Morgan fingerprint density at radius 1 is 1.40 bits per heavy atom. The minimum atomic E-state index is -0.707. The van der Waals surface area contributed by atoms with Gasteiger partial charge < -0.3 is 14.6 Å². The molecule has 0 aromatic heterocycles. The molecule has 3 nitrogen and oxygen atoms in total. The van der Waals surface area contributed by atoms with E-state index in [9.17, 15) is 5.11 Å². The third kappa shape index (κ3) is 2.52. The van der Waals surface area contributed by atoms with Crippen molar-refractivity contribution >= 4 is 15.9 Å². The zero-order valence-electron chi connectivity index (χ0n) is 8.66. The highest BCUT2D eigenvalue weighted by Gasteiger charge is 2.13. The summed E-state index contributed by atoms with van der Waals surface area (Å²) in [6.07, 6.45) is 0.745. The van der Waals surface area contributed by atoms with Gasteiger partial charge in [0, 0.05) is 0 Å². The molecule has 1 atom stereocenters. The fraction of sp³-hybridized carbons (Fsp3) is 0.273. The van der Waals surface area contributed by atoms with E-state index in [4.69, 9.17) is 9.47 Å². The first-order chi connectivity index (χ1) is 7.13. The number of aliphatic hydroxyl groups is 1. The average molecular weight is 273 g/mol. The van der Waals surface area contributed by atoms with Crippen LogP contribution < -0.4 is 9.47 Å². The van der Waals surface area contributed by atoms with Crippen LogP contribution in [0.15, 0.2) is 29.3 Å². The molecule has 1 unspecified atom stereocenters. The van der Waals surface area contributed by atoms with Gasteiger partial charge in [-0.3, -0.25) is 0 Å². The summed E-state index contributed by atoms with van der Waals surface area (Å²) in [5.74, 6) is 1.18. The van der Waals surface area contributed by atoms with Gasteiger partial charge in [0.2, 0.25) is 0 Å². The van der Waals surface area contributed by atoms with E-state index in [0.717, 1.165) is 4.47 Å². The zero-order valence-corrected chi connectivity index (χ0v) is 10.2. The van der Waals surface area contributed by atoms with E-state index in [0.29, 0.717) is 17.1 Å². The Labute approximate surface area is 97.5 Å². The number of aliphatic hydroxyl groups excluding tert-OH is 1. The number of hydrogen-bond acceptors (Lipinski definition) is 3. The fourth-order valence-electron chi connectivity index (χ4n) is 1.24. The standard InChI is InChI=1S/C11H13BrO3/c1-4-9(13)7-5-8(12)11(15-3)10(6-7)14-2/h4-6,9,13H,1H2,2-3H3. The van der Waals surface area contributed by atoms with Crippen molar-refractivity contribution in [3.63, 3.8) is 0 Å². The van der Waals surface area contributed by atoms with Crippen molar-refractivity contribution in [1.29, 1.82) is 0 Å². The zero-order chi connectivity index (χ0) is 11.4. The lowest BCUT2D eigenvalue weighted by atomic mass is 10.1. The van der Waals surface area contributed by atoms with Gasteiger partial charge in [0.15, 0.2) is 11.5 Å². The van der Waals surface area contributed by atoms with Crippen LogP contribution in [0.5, 0.6) is 11.5 Å². The average Bonchev–Trinajstić information content (AvgIpc) is 2.26. The molecule has 15 heavy (non-hydrogen) atoms. The molecule has 0 aliphatic rings. The smallest absolute Gasteiger partial charge is 0.174 e. The van der Waals surface area contributed by atoms with Crippen LogP contribution in [0.1, 0.15) is 11.7 Å². The molecule has 0 radical (unpaired) electrons. The summed E-state index contributed by atoms with van der Waals surface area (Å²) in [7, 11) is 3.11. The van der Waals surface area contributed by atoms with E-state index in [1.807, 2.05) is 0 Å². The van der Waals surface area contributed by atoms with E-state index < -0.39 is 6.10 Å². The fourth-order valence-corrected chi connectivity index (χ4v) is 1.87. The van der Waals surface area contributed by atoms with Crippen molar-refractivity contribution < 1.29 is 14.6 Å². The van der Waals surface area contributed by atoms with Crippen molar-refractivity contribution in [2.24, 2.45) is 0 Å². The first-order valence-electron chi connectivity index (χ1n) is 4.36. The van der Waals surface area contributed by atoms with Gasteiger partial charge in [0.25, 0.3) is 0 Å². The molecule has 1 aromatic rings. The number of halogens is 1. The predicted octanol–water partition coefficient (Wildman–Crippen LogP) is 2.69. The summed E-state index contributed by atoms with van der Waals surface area (Å²) in [4.78, 5) is 0. The highest BCUT2D eigenvalue weighted by atomic mass is 79.9. The highest BCUT2D eigenvalue weighted by molar-refractivity contribution is 9.10. The molecule has 0 heterocycles. The Morgan fingerprint density at radius 2 is 2.07 bits per heavy atom. The van der Waals surface area contributed by atoms with E-state index in [-0.39, 0.29) is 0 Å². The van der Waals surface area contributed by atoms with E-state index >= 15 is 0 Å². The quantitative estimate of drug-likeness (QED) is 0.857. The Balaban J connectivity index is 3.25. The molecular weight excluding hydrogens is 260 g/mol. The molecule has 0 saturated heterocycles. The van der Waals surface area contributed by atoms with Crippen LogP contribution in [-0.2, 0) is 0 Å². The highest BCUT2D eigenvalue weighted by Crippen LogP contribution is 2.37. The van der Waals surface area contributed by atoms with Crippen molar-refractivity contribution in [1.82, 2.24) is 0 Å². The lowest BCUT2D eigenvalue weighted by Gasteiger charge is -2.13. The van der Waals surface area contributed by atoms with Gasteiger partial charge in [-0.1, -0.05) is 6.08 Å². The van der Waals surface area contributed by atoms with E-state index in [2.05, 4.69) is 22.5 Å². The molecule has 0 saturated carbocycles. The van der Waals surface area contributed by atoms with Crippen LogP contribution in [0.2, 0.25) is 0 Å².